The van der Waals surface area contributed by atoms with Crippen molar-refractivity contribution in [1.29, 1.82) is 0 Å². The number of nitrogens with one attached hydrogen (secondary N) is 2. The number of rotatable bonds is 4. The molecule has 0 heterocycles. The maximum absolute atomic E-state index is 11.2. The number of hydrogen-bond donors (Lipinski definition) is 3. The van der Waals surface area contributed by atoms with Gasteiger partial charge in [0.1, 0.15) is 11.3 Å². The van der Waals surface area contributed by atoms with Crippen LogP contribution in [-0.2, 0) is 9.59 Å². The summed E-state index contributed by atoms with van der Waals surface area (Å²) in [5, 5.41) is 8.87. The Hall–Kier alpha value is -2.57. The monoisotopic (exact) mass is 252 g/mol. The predicted molar refractivity (Wildman–Crippen MR) is 60.9 cm³/mol. The van der Waals surface area contributed by atoms with Gasteiger partial charge in [0.15, 0.2) is 6.61 Å². The van der Waals surface area contributed by atoms with Gasteiger partial charge in [-0.2, -0.15) is 0 Å². The molecule has 0 aliphatic heterocycles. The van der Waals surface area contributed by atoms with Gasteiger partial charge in [0.2, 0.25) is 5.91 Å². The zero-order chi connectivity index (χ0) is 13.5. The second-order valence-electron chi connectivity index (χ2n) is 3.32. The molecule has 0 atom stereocenters. The maximum atomic E-state index is 11.2. The van der Waals surface area contributed by atoms with Crippen LogP contribution in [0.2, 0.25) is 0 Å². The van der Waals surface area contributed by atoms with Crippen molar-refractivity contribution in [3.63, 3.8) is 0 Å². The number of para-hydroxylation sites is 1. The molecule has 0 spiro atoms. The third-order valence-corrected chi connectivity index (χ3v) is 1.85. The Morgan fingerprint density at radius 2 is 1.89 bits per heavy atom. The predicted octanol–water partition coefficient (Wildman–Crippen LogP) is -0.0691. The largest absolute Gasteiger partial charge is 0.483 e. The Morgan fingerprint density at radius 3 is 2.50 bits per heavy atom. The van der Waals surface area contributed by atoms with E-state index in [4.69, 9.17) is 9.84 Å². The SMILES string of the molecule is CC(=O)NNC(=O)COc1ccccc1C(=O)O. The lowest BCUT2D eigenvalue weighted by Crippen LogP contribution is -2.42. The van der Waals surface area contributed by atoms with Crippen LogP contribution in [0.25, 0.3) is 0 Å². The van der Waals surface area contributed by atoms with Gasteiger partial charge >= 0.3 is 5.97 Å². The van der Waals surface area contributed by atoms with E-state index in [0.717, 1.165) is 0 Å². The molecule has 0 saturated heterocycles. The highest BCUT2D eigenvalue weighted by molar-refractivity contribution is 5.91. The molecule has 0 aliphatic rings. The van der Waals surface area contributed by atoms with Crippen LogP contribution in [0.1, 0.15) is 17.3 Å². The van der Waals surface area contributed by atoms with E-state index in [2.05, 4.69) is 10.9 Å². The van der Waals surface area contributed by atoms with Crippen molar-refractivity contribution in [3.8, 4) is 5.75 Å². The first-order chi connectivity index (χ1) is 8.50. The van der Waals surface area contributed by atoms with Crippen LogP contribution in [0, 0.1) is 0 Å². The van der Waals surface area contributed by atoms with Gasteiger partial charge in [-0.05, 0) is 12.1 Å². The molecule has 3 N–H and O–H groups in total. The molecule has 96 valence electrons. The second kappa shape index (κ2) is 6.24. The summed E-state index contributed by atoms with van der Waals surface area (Å²) in [4.78, 5) is 32.6. The van der Waals surface area contributed by atoms with Gasteiger partial charge < -0.3 is 9.84 Å². The van der Waals surface area contributed by atoms with E-state index in [1.165, 1.54) is 19.1 Å². The minimum atomic E-state index is -1.15. The Bertz CT molecular complexity index is 472. The molecule has 2 amide bonds. The minimum Gasteiger partial charge on any atom is -0.483 e. The molecule has 7 nitrogen and oxygen atoms in total. The fraction of sp³-hybridized carbons (Fsp3) is 0.182. The van der Waals surface area contributed by atoms with Gasteiger partial charge in [-0.25, -0.2) is 4.79 Å². The fourth-order valence-corrected chi connectivity index (χ4v) is 1.11. The van der Waals surface area contributed by atoms with Crippen LogP contribution < -0.4 is 15.6 Å². The molecule has 0 aliphatic carbocycles. The lowest BCUT2D eigenvalue weighted by molar-refractivity contribution is -0.129. The van der Waals surface area contributed by atoms with Crippen LogP contribution in [0.5, 0.6) is 5.75 Å². The van der Waals surface area contributed by atoms with Crippen LogP contribution in [0.4, 0.5) is 0 Å². The number of aromatic carboxylic acids is 1. The Morgan fingerprint density at radius 1 is 1.22 bits per heavy atom. The highest BCUT2D eigenvalue weighted by atomic mass is 16.5. The third kappa shape index (κ3) is 4.12. The van der Waals surface area contributed by atoms with Crippen molar-refractivity contribution in [2.45, 2.75) is 6.92 Å². The van der Waals surface area contributed by atoms with Crippen molar-refractivity contribution in [2.24, 2.45) is 0 Å². The van der Waals surface area contributed by atoms with E-state index in [9.17, 15) is 14.4 Å². The Kier molecular flexibility index (Phi) is 4.67. The van der Waals surface area contributed by atoms with Crippen LogP contribution in [0.15, 0.2) is 24.3 Å². The van der Waals surface area contributed by atoms with Gasteiger partial charge in [-0.1, -0.05) is 12.1 Å². The molecule has 7 heteroatoms. The lowest BCUT2D eigenvalue weighted by atomic mass is 10.2. The van der Waals surface area contributed by atoms with E-state index in [1.54, 1.807) is 12.1 Å². The van der Waals surface area contributed by atoms with E-state index in [-0.39, 0.29) is 11.3 Å². The summed E-state index contributed by atoms with van der Waals surface area (Å²) in [5.41, 5.74) is 4.14. The molecule has 1 aromatic rings. The molecule has 0 unspecified atom stereocenters. The second-order valence-corrected chi connectivity index (χ2v) is 3.32. The Labute approximate surface area is 103 Å². The van der Waals surface area contributed by atoms with Crippen molar-refractivity contribution >= 4 is 17.8 Å². The maximum Gasteiger partial charge on any atom is 0.339 e. The molecule has 1 rings (SSSR count). The van der Waals surface area contributed by atoms with E-state index in [1.807, 2.05) is 0 Å². The van der Waals surface area contributed by atoms with Crippen LogP contribution in [-0.4, -0.2) is 29.5 Å². The van der Waals surface area contributed by atoms with Gasteiger partial charge in [-0.15, -0.1) is 0 Å². The van der Waals surface area contributed by atoms with Gasteiger partial charge in [0.25, 0.3) is 5.91 Å². The number of carboxylic acid groups (broad SMARTS) is 1. The Balaban J connectivity index is 2.56. The summed E-state index contributed by atoms with van der Waals surface area (Å²) in [7, 11) is 0. The smallest absolute Gasteiger partial charge is 0.339 e. The number of hydrogen-bond acceptors (Lipinski definition) is 4. The molecule has 0 bridgehead atoms. The average molecular weight is 252 g/mol. The summed E-state index contributed by atoms with van der Waals surface area (Å²) in [6, 6.07) is 5.94. The van der Waals surface area contributed by atoms with E-state index < -0.39 is 24.4 Å². The number of hydrazine groups is 1. The number of ether oxygens (including phenoxy) is 1. The van der Waals surface area contributed by atoms with Crippen molar-refractivity contribution in [2.75, 3.05) is 6.61 Å². The van der Waals surface area contributed by atoms with E-state index >= 15 is 0 Å². The molecule has 0 saturated carbocycles. The first-order valence-electron chi connectivity index (χ1n) is 5.01. The topological polar surface area (TPSA) is 105 Å². The molecule has 0 fully saturated rings. The molecular weight excluding hydrogens is 240 g/mol. The zero-order valence-corrected chi connectivity index (χ0v) is 9.60. The van der Waals surface area contributed by atoms with Crippen LogP contribution >= 0.6 is 0 Å². The summed E-state index contributed by atoms with van der Waals surface area (Å²) in [6.07, 6.45) is 0. The molecule has 0 aromatic heterocycles. The number of amides is 2. The molecule has 1 aromatic carbocycles. The van der Waals surface area contributed by atoms with Crippen LogP contribution in [0.3, 0.4) is 0 Å². The minimum absolute atomic E-state index is 0.0372. The van der Waals surface area contributed by atoms with Crippen molar-refractivity contribution < 1.29 is 24.2 Å². The van der Waals surface area contributed by atoms with Gasteiger partial charge in [0, 0.05) is 6.92 Å². The molecule has 0 radical (unpaired) electrons. The summed E-state index contributed by atoms with van der Waals surface area (Å²) in [5.74, 6) is -2.07. The standard InChI is InChI=1S/C11H12N2O5/c1-7(14)12-13-10(15)6-18-9-5-3-2-4-8(9)11(16)17/h2-5H,6H2,1H3,(H,12,14)(H,13,15)(H,16,17). The quantitative estimate of drug-likeness (QED) is 0.651. The first-order valence-corrected chi connectivity index (χ1v) is 5.01. The molecular formula is C11H12N2O5. The zero-order valence-electron chi connectivity index (χ0n) is 9.60. The number of carbonyl (C=O) groups is 3. The normalized spacial score (nSPS) is 9.39. The van der Waals surface area contributed by atoms with Crippen molar-refractivity contribution in [3.05, 3.63) is 29.8 Å². The summed E-state index contributed by atoms with van der Waals surface area (Å²) >= 11 is 0. The summed E-state index contributed by atoms with van der Waals surface area (Å²) < 4.78 is 5.05. The van der Waals surface area contributed by atoms with Gasteiger partial charge in [0.05, 0.1) is 0 Å². The highest BCUT2D eigenvalue weighted by Gasteiger charge is 2.11. The lowest BCUT2D eigenvalue weighted by Gasteiger charge is -2.09. The third-order valence-electron chi connectivity index (χ3n) is 1.85. The highest BCUT2D eigenvalue weighted by Crippen LogP contribution is 2.17. The summed E-state index contributed by atoms with van der Waals surface area (Å²) in [6.45, 7) is 0.839. The number of benzene rings is 1. The van der Waals surface area contributed by atoms with Crippen molar-refractivity contribution in [1.82, 2.24) is 10.9 Å². The average Bonchev–Trinajstić information content (AvgIpc) is 2.34. The van der Waals surface area contributed by atoms with Gasteiger partial charge in [-0.3, -0.25) is 20.4 Å². The number of carboxylic acids is 1. The molecule has 18 heavy (non-hydrogen) atoms. The number of carbonyl (C=O) groups excluding carboxylic acids is 2. The fourth-order valence-electron chi connectivity index (χ4n) is 1.11. The first kappa shape index (κ1) is 13.5. The van der Waals surface area contributed by atoms with E-state index in [0.29, 0.717) is 0 Å².